The van der Waals surface area contributed by atoms with Crippen LogP contribution in [0.5, 0.6) is 0 Å². The second-order valence-electron chi connectivity index (χ2n) is 6.73. The molecule has 25 heavy (non-hydrogen) atoms. The number of hydrogen-bond acceptors (Lipinski definition) is 8. The zero-order chi connectivity index (χ0) is 18.4. The minimum absolute atomic E-state index is 0.116. The molecule has 0 aromatic carbocycles. The van der Waals surface area contributed by atoms with Crippen molar-refractivity contribution in [2.75, 3.05) is 41.7 Å². The Kier molecular flexibility index (Phi) is 7.98. The highest BCUT2D eigenvalue weighted by Gasteiger charge is 2.51. The molecule has 146 valence electrons. The average molecular weight is 361 g/mol. The molecule has 1 aliphatic carbocycles. The van der Waals surface area contributed by atoms with Crippen LogP contribution in [0.2, 0.25) is 0 Å². The van der Waals surface area contributed by atoms with Crippen molar-refractivity contribution in [3.05, 3.63) is 10.1 Å². The van der Waals surface area contributed by atoms with E-state index < -0.39 is 6.04 Å². The molecule has 1 N–H and O–H groups in total. The monoisotopic (exact) mass is 361 g/mol. The lowest BCUT2D eigenvalue weighted by molar-refractivity contribution is -0.531. The molecule has 0 aromatic rings. The Hall–Kier alpha value is -0.840. The summed E-state index contributed by atoms with van der Waals surface area (Å²) in [5.74, 6) is 0. The molecule has 0 aromatic heterocycles. The largest absolute Gasteiger partial charge is 0.383 e. The van der Waals surface area contributed by atoms with Gasteiger partial charge in [-0.15, -0.1) is 0 Å². The lowest BCUT2D eigenvalue weighted by atomic mass is 9.91. The van der Waals surface area contributed by atoms with Crippen LogP contribution in [0, 0.1) is 10.1 Å². The second kappa shape index (κ2) is 9.75. The first-order valence-corrected chi connectivity index (χ1v) is 8.80. The third kappa shape index (κ3) is 4.47. The van der Waals surface area contributed by atoms with Crippen molar-refractivity contribution in [3.63, 3.8) is 0 Å². The van der Waals surface area contributed by atoms with Gasteiger partial charge in [-0.05, 0) is 12.8 Å². The van der Waals surface area contributed by atoms with Crippen LogP contribution in [0.1, 0.15) is 25.7 Å². The van der Waals surface area contributed by atoms with Crippen LogP contribution in [-0.2, 0) is 18.9 Å². The molecule has 6 atom stereocenters. The minimum atomic E-state index is -0.581. The number of hydrogen-bond donors (Lipinski definition) is 1. The molecule has 1 aliphatic heterocycles. The summed E-state index contributed by atoms with van der Waals surface area (Å²) in [7, 11) is 6.56. The maximum Gasteiger partial charge on any atom is 0.229 e. The molecule has 2 rings (SSSR count). The molecule has 0 radical (unpaired) electrons. The lowest BCUT2D eigenvalue weighted by Gasteiger charge is -2.36. The van der Waals surface area contributed by atoms with Crippen LogP contribution in [0.15, 0.2) is 0 Å². The summed E-state index contributed by atoms with van der Waals surface area (Å²) < 4.78 is 22.1. The van der Waals surface area contributed by atoms with E-state index in [0.717, 1.165) is 19.3 Å². The Balaban J connectivity index is 2.23. The van der Waals surface area contributed by atoms with Gasteiger partial charge in [-0.25, -0.2) is 10.4 Å². The smallest absolute Gasteiger partial charge is 0.229 e. The summed E-state index contributed by atoms with van der Waals surface area (Å²) in [6.07, 6.45) is 2.83. The number of nitrogens with one attached hydrogen (secondary N) is 1. The molecular formula is C16H31N3O6. The van der Waals surface area contributed by atoms with E-state index in [0.29, 0.717) is 19.6 Å². The fourth-order valence-electron chi connectivity index (χ4n) is 4.17. The molecule has 1 saturated heterocycles. The number of nitro groups is 1. The van der Waals surface area contributed by atoms with Crippen molar-refractivity contribution in [3.8, 4) is 0 Å². The number of rotatable bonds is 9. The van der Waals surface area contributed by atoms with Crippen molar-refractivity contribution < 1.29 is 23.9 Å². The van der Waals surface area contributed by atoms with Crippen LogP contribution in [-0.4, -0.2) is 88.0 Å². The molecular weight excluding hydrogens is 330 g/mol. The Morgan fingerprint density at radius 1 is 1.00 bits per heavy atom. The van der Waals surface area contributed by atoms with Crippen LogP contribution < -0.4 is 5.43 Å². The maximum absolute atomic E-state index is 11.4. The van der Waals surface area contributed by atoms with Gasteiger partial charge in [0.2, 0.25) is 6.04 Å². The van der Waals surface area contributed by atoms with Gasteiger partial charge in [-0.3, -0.25) is 10.1 Å². The van der Waals surface area contributed by atoms with Gasteiger partial charge >= 0.3 is 0 Å². The van der Waals surface area contributed by atoms with Crippen molar-refractivity contribution >= 4 is 0 Å². The Morgan fingerprint density at radius 3 is 1.96 bits per heavy atom. The molecule has 1 saturated carbocycles. The maximum atomic E-state index is 11.4. The highest BCUT2D eigenvalue weighted by Crippen LogP contribution is 2.30. The summed E-state index contributed by atoms with van der Waals surface area (Å²) in [6, 6.07) is -1.03. The van der Waals surface area contributed by atoms with Gasteiger partial charge in [-0.2, -0.15) is 0 Å². The highest BCUT2D eigenvalue weighted by molar-refractivity contribution is 5.02. The van der Waals surface area contributed by atoms with Gasteiger partial charge in [0.25, 0.3) is 0 Å². The van der Waals surface area contributed by atoms with Gasteiger partial charge in [-0.1, -0.05) is 6.42 Å². The lowest BCUT2D eigenvalue weighted by Crippen LogP contribution is -2.59. The second-order valence-corrected chi connectivity index (χ2v) is 6.73. The van der Waals surface area contributed by atoms with E-state index in [4.69, 9.17) is 18.9 Å². The van der Waals surface area contributed by atoms with E-state index in [1.807, 2.05) is 5.01 Å². The van der Waals surface area contributed by atoms with Gasteiger partial charge in [0.15, 0.2) is 0 Å². The number of ether oxygens (including phenoxy) is 4. The SMILES string of the molecule is COC[C@H]1[C@@H](OC)[C@H](OC)[C@H](COC)N1N[C@H]1CCCC[C@@H]1[N+](=O)[O-]. The predicted molar refractivity (Wildman–Crippen MR) is 90.9 cm³/mol. The van der Waals surface area contributed by atoms with E-state index in [9.17, 15) is 10.1 Å². The summed E-state index contributed by atoms with van der Waals surface area (Å²) in [4.78, 5) is 11.3. The topological polar surface area (TPSA) is 95.3 Å². The van der Waals surface area contributed by atoms with Crippen molar-refractivity contribution in [2.45, 2.75) is 62.1 Å². The standard InChI is InChI=1S/C16H31N3O6/c1-22-9-13-15(24-3)16(25-4)14(10-23-2)18(13)17-11-7-5-6-8-12(11)19(20)21/h11-17H,5-10H2,1-4H3/t11-,12-,13-,14-,15+,16+/m0/s1. The molecule has 2 fully saturated rings. The van der Waals surface area contributed by atoms with E-state index >= 15 is 0 Å². The predicted octanol–water partition coefficient (Wildman–Crippen LogP) is 0.455. The first-order valence-electron chi connectivity index (χ1n) is 8.80. The van der Waals surface area contributed by atoms with Crippen LogP contribution in [0.25, 0.3) is 0 Å². The summed E-state index contributed by atoms with van der Waals surface area (Å²) in [6.45, 7) is 0.864. The summed E-state index contributed by atoms with van der Waals surface area (Å²) >= 11 is 0. The Labute approximate surface area is 149 Å². The molecule has 2 aliphatic rings. The summed E-state index contributed by atoms with van der Waals surface area (Å²) in [5, 5.41) is 13.5. The van der Waals surface area contributed by atoms with Gasteiger partial charge in [0.05, 0.1) is 31.3 Å². The third-order valence-electron chi connectivity index (χ3n) is 5.33. The number of nitrogens with zero attached hydrogens (tertiary/aromatic N) is 2. The quantitative estimate of drug-likeness (QED) is 0.467. The van der Waals surface area contributed by atoms with Crippen LogP contribution >= 0.6 is 0 Å². The Bertz CT molecular complexity index is 407. The normalized spacial score (nSPS) is 36.6. The fourth-order valence-corrected chi connectivity index (χ4v) is 4.17. The van der Waals surface area contributed by atoms with Gasteiger partial charge in [0.1, 0.15) is 12.2 Å². The molecule has 9 heteroatoms. The zero-order valence-electron chi connectivity index (χ0n) is 15.6. The molecule has 1 heterocycles. The minimum Gasteiger partial charge on any atom is -0.383 e. The van der Waals surface area contributed by atoms with E-state index in [1.165, 1.54) is 0 Å². The number of methoxy groups -OCH3 is 4. The molecule has 0 amide bonds. The fraction of sp³-hybridized carbons (Fsp3) is 1.00. The average Bonchev–Trinajstić information content (AvgIpc) is 2.88. The van der Waals surface area contributed by atoms with E-state index in [2.05, 4.69) is 5.43 Å². The van der Waals surface area contributed by atoms with Crippen molar-refractivity contribution in [1.82, 2.24) is 10.4 Å². The van der Waals surface area contributed by atoms with Crippen LogP contribution in [0.4, 0.5) is 0 Å². The van der Waals surface area contributed by atoms with Crippen molar-refractivity contribution in [2.24, 2.45) is 0 Å². The van der Waals surface area contributed by atoms with Crippen LogP contribution in [0.3, 0.4) is 0 Å². The van der Waals surface area contributed by atoms with Gasteiger partial charge in [0, 0.05) is 39.8 Å². The van der Waals surface area contributed by atoms with Gasteiger partial charge < -0.3 is 18.9 Å². The van der Waals surface area contributed by atoms with E-state index in [-0.39, 0.29) is 35.3 Å². The highest BCUT2D eigenvalue weighted by atomic mass is 16.6. The third-order valence-corrected chi connectivity index (χ3v) is 5.33. The Morgan fingerprint density at radius 2 is 1.52 bits per heavy atom. The number of hydrazine groups is 1. The first-order chi connectivity index (χ1) is 12.1. The zero-order valence-corrected chi connectivity index (χ0v) is 15.6. The first kappa shape index (κ1) is 20.5. The molecule has 9 nitrogen and oxygen atoms in total. The molecule has 0 spiro atoms. The summed E-state index contributed by atoms with van der Waals surface area (Å²) in [5.41, 5.74) is 3.42. The van der Waals surface area contributed by atoms with E-state index in [1.54, 1.807) is 28.4 Å². The van der Waals surface area contributed by atoms with Crippen molar-refractivity contribution in [1.29, 1.82) is 0 Å². The molecule has 0 unspecified atom stereocenters. The molecule has 0 bridgehead atoms.